The largest absolute Gasteiger partial charge is 0.405 e. The van der Waals surface area contributed by atoms with E-state index in [0.717, 1.165) is 43.2 Å². The lowest BCUT2D eigenvalue weighted by atomic mass is 9.80. The van der Waals surface area contributed by atoms with E-state index in [1.54, 1.807) is 0 Å². The molecule has 29 heavy (non-hydrogen) atoms. The molecule has 2 fully saturated rings. The summed E-state index contributed by atoms with van der Waals surface area (Å²) in [4.78, 5) is 0. The number of benzene rings is 1. The fourth-order valence-corrected chi connectivity index (χ4v) is 3.90. The van der Waals surface area contributed by atoms with E-state index in [-0.39, 0.29) is 16.8 Å². The Bertz CT molecular complexity index is 662. The molecule has 4 rings (SSSR count). The Balaban J connectivity index is 0.000000540. The molecule has 1 unspecified atom stereocenters. The van der Waals surface area contributed by atoms with Crippen molar-refractivity contribution in [2.45, 2.75) is 85.0 Å². The number of halogens is 1. The molecule has 2 spiro atoms. The van der Waals surface area contributed by atoms with Crippen LogP contribution in [0.4, 0.5) is 4.39 Å². The van der Waals surface area contributed by atoms with Crippen LogP contribution in [0.1, 0.15) is 79.2 Å². The zero-order valence-electron chi connectivity index (χ0n) is 19.2. The number of nitrogens with two attached hydrogens (primary N) is 1. The van der Waals surface area contributed by atoms with Crippen LogP contribution in [0.15, 0.2) is 43.1 Å². The molecule has 1 heterocycles. The molecule has 1 aromatic carbocycles. The zero-order valence-corrected chi connectivity index (χ0v) is 19.2. The molecule has 4 heteroatoms. The van der Waals surface area contributed by atoms with Crippen LogP contribution in [-0.2, 0) is 9.47 Å². The summed E-state index contributed by atoms with van der Waals surface area (Å²) in [6.45, 7) is 16.3. The second kappa shape index (κ2) is 10.9. The molecule has 3 aliphatic rings. The molecule has 1 saturated carbocycles. The summed E-state index contributed by atoms with van der Waals surface area (Å²) >= 11 is 0. The molecule has 3 nitrogen and oxygen atoms in total. The minimum atomic E-state index is -0.637. The van der Waals surface area contributed by atoms with Crippen molar-refractivity contribution in [1.82, 2.24) is 0 Å². The van der Waals surface area contributed by atoms with Gasteiger partial charge < -0.3 is 15.2 Å². The minimum Gasteiger partial charge on any atom is -0.405 e. The fourth-order valence-electron chi connectivity index (χ4n) is 3.90. The zero-order chi connectivity index (χ0) is 22.1. The standard InChI is InChI=1S/C19H23FO2.C2H5N.2C2H6/c1-17(2)13-21-19(22-18(17)11-12-18)10-4-3-5-16(19)14-6-8-15(20)9-7-14;1-2-3;2*1-2/h5-9H,3-4,10-13H2,1-2H3;2H,1,3H2;2*1-2H3. The van der Waals surface area contributed by atoms with E-state index >= 15 is 0 Å². The van der Waals surface area contributed by atoms with Crippen molar-refractivity contribution >= 4 is 5.57 Å². The molecular weight excluding hydrogens is 365 g/mol. The van der Waals surface area contributed by atoms with E-state index in [1.165, 1.54) is 18.3 Å². The minimum absolute atomic E-state index is 0.0400. The number of hydrogen-bond acceptors (Lipinski definition) is 3. The third kappa shape index (κ3) is 5.49. The summed E-state index contributed by atoms with van der Waals surface area (Å²) in [5.41, 5.74) is 6.72. The molecule has 1 aromatic rings. The molecule has 0 amide bonds. The van der Waals surface area contributed by atoms with E-state index in [9.17, 15) is 4.39 Å². The molecule has 0 aromatic heterocycles. The second-order valence-electron chi connectivity index (χ2n) is 7.77. The lowest BCUT2D eigenvalue weighted by Gasteiger charge is -2.51. The molecule has 0 radical (unpaired) electrons. The second-order valence-corrected chi connectivity index (χ2v) is 7.77. The average molecular weight is 406 g/mol. The van der Waals surface area contributed by atoms with Crippen molar-refractivity contribution < 1.29 is 13.9 Å². The number of rotatable bonds is 1. The van der Waals surface area contributed by atoms with Crippen molar-refractivity contribution in [3.8, 4) is 0 Å². The smallest absolute Gasteiger partial charge is 0.195 e. The van der Waals surface area contributed by atoms with Gasteiger partial charge in [0.25, 0.3) is 0 Å². The highest BCUT2D eigenvalue weighted by molar-refractivity contribution is 5.72. The SMILES string of the molecule is C=CN.CC.CC.CC1(C)COC2(CCCC=C2c2ccc(F)cc2)OC12CC2. The van der Waals surface area contributed by atoms with Crippen LogP contribution in [0, 0.1) is 11.2 Å². The molecular formula is C25H40FNO2. The lowest BCUT2D eigenvalue weighted by Crippen LogP contribution is -2.55. The number of ether oxygens (including phenoxy) is 2. The Labute approximate surface area is 177 Å². The highest BCUT2D eigenvalue weighted by Crippen LogP contribution is 2.61. The maximum Gasteiger partial charge on any atom is 0.195 e. The fraction of sp³-hybridized carbons (Fsp3) is 0.600. The highest BCUT2D eigenvalue weighted by atomic mass is 19.1. The maximum absolute atomic E-state index is 13.2. The number of hydrogen-bond donors (Lipinski definition) is 1. The van der Waals surface area contributed by atoms with Crippen LogP contribution in [0.5, 0.6) is 0 Å². The summed E-state index contributed by atoms with van der Waals surface area (Å²) in [6, 6.07) is 6.69. The van der Waals surface area contributed by atoms with Gasteiger partial charge in [-0.25, -0.2) is 4.39 Å². The monoisotopic (exact) mass is 405 g/mol. The highest BCUT2D eigenvalue weighted by Gasteiger charge is 2.64. The van der Waals surface area contributed by atoms with Crippen molar-refractivity contribution in [3.63, 3.8) is 0 Å². The van der Waals surface area contributed by atoms with Crippen LogP contribution in [0.25, 0.3) is 5.57 Å². The van der Waals surface area contributed by atoms with Gasteiger partial charge in [0.15, 0.2) is 5.79 Å². The van der Waals surface area contributed by atoms with E-state index in [2.05, 4.69) is 32.2 Å². The third-order valence-electron chi connectivity index (χ3n) is 5.59. The van der Waals surface area contributed by atoms with E-state index in [1.807, 2.05) is 39.8 Å². The summed E-state index contributed by atoms with van der Waals surface area (Å²) in [6.07, 6.45) is 8.67. The predicted molar refractivity (Wildman–Crippen MR) is 121 cm³/mol. The van der Waals surface area contributed by atoms with Crippen LogP contribution < -0.4 is 5.73 Å². The molecule has 2 aliphatic carbocycles. The molecule has 164 valence electrons. The first-order chi connectivity index (χ1) is 13.9. The summed E-state index contributed by atoms with van der Waals surface area (Å²) in [5, 5.41) is 0. The van der Waals surface area contributed by atoms with Gasteiger partial charge in [0.2, 0.25) is 0 Å². The Morgan fingerprint density at radius 3 is 2.10 bits per heavy atom. The van der Waals surface area contributed by atoms with Gasteiger partial charge in [0.05, 0.1) is 12.2 Å². The normalized spacial score (nSPS) is 25.1. The van der Waals surface area contributed by atoms with Crippen molar-refractivity contribution in [1.29, 1.82) is 0 Å². The van der Waals surface area contributed by atoms with Gasteiger partial charge in [-0.2, -0.15) is 0 Å². The first-order valence-electron chi connectivity index (χ1n) is 11.0. The van der Waals surface area contributed by atoms with Gasteiger partial charge >= 0.3 is 0 Å². The lowest BCUT2D eigenvalue weighted by molar-refractivity contribution is -0.314. The summed E-state index contributed by atoms with van der Waals surface area (Å²) < 4.78 is 26.2. The Kier molecular flexibility index (Phi) is 9.57. The summed E-state index contributed by atoms with van der Waals surface area (Å²) in [5.74, 6) is -0.846. The molecule has 0 bridgehead atoms. The Hall–Kier alpha value is -1.65. The summed E-state index contributed by atoms with van der Waals surface area (Å²) in [7, 11) is 0. The first kappa shape index (κ1) is 25.4. The van der Waals surface area contributed by atoms with Crippen LogP contribution in [0.2, 0.25) is 0 Å². The Morgan fingerprint density at radius 1 is 1.03 bits per heavy atom. The van der Waals surface area contributed by atoms with Gasteiger partial charge in [-0.15, -0.1) is 0 Å². The topological polar surface area (TPSA) is 44.5 Å². The van der Waals surface area contributed by atoms with E-state index < -0.39 is 5.79 Å². The maximum atomic E-state index is 13.2. The van der Waals surface area contributed by atoms with Crippen molar-refractivity contribution in [3.05, 3.63) is 54.5 Å². The van der Waals surface area contributed by atoms with Gasteiger partial charge in [0.1, 0.15) is 5.82 Å². The van der Waals surface area contributed by atoms with Gasteiger partial charge in [-0.3, -0.25) is 0 Å². The Morgan fingerprint density at radius 2 is 1.59 bits per heavy atom. The molecule has 2 N–H and O–H groups in total. The number of allylic oxidation sites excluding steroid dienone is 1. The predicted octanol–water partition coefficient (Wildman–Crippen LogP) is 6.84. The third-order valence-corrected chi connectivity index (χ3v) is 5.59. The first-order valence-corrected chi connectivity index (χ1v) is 11.0. The molecule has 1 aliphatic heterocycles. The molecule has 1 saturated heterocycles. The van der Waals surface area contributed by atoms with Gasteiger partial charge in [-0.1, -0.05) is 66.3 Å². The van der Waals surface area contributed by atoms with E-state index in [0.29, 0.717) is 6.61 Å². The van der Waals surface area contributed by atoms with Crippen LogP contribution >= 0.6 is 0 Å². The quantitative estimate of drug-likeness (QED) is 0.556. The van der Waals surface area contributed by atoms with Crippen LogP contribution in [0.3, 0.4) is 0 Å². The molecule has 1 atom stereocenters. The van der Waals surface area contributed by atoms with Gasteiger partial charge in [-0.05, 0) is 49.6 Å². The van der Waals surface area contributed by atoms with Crippen molar-refractivity contribution in [2.75, 3.05) is 6.61 Å². The van der Waals surface area contributed by atoms with Gasteiger partial charge in [0, 0.05) is 17.4 Å². The average Bonchev–Trinajstić information content (AvgIpc) is 3.51. The van der Waals surface area contributed by atoms with E-state index in [4.69, 9.17) is 9.47 Å². The van der Waals surface area contributed by atoms with Crippen molar-refractivity contribution in [2.24, 2.45) is 11.1 Å². The van der Waals surface area contributed by atoms with Crippen LogP contribution in [-0.4, -0.2) is 18.0 Å².